The van der Waals surface area contributed by atoms with Crippen molar-refractivity contribution in [3.05, 3.63) is 42.5 Å². The molecular formula is C13H8F3NO3. The highest BCUT2D eigenvalue weighted by atomic mass is 19.4. The Kier molecular flexibility index (Phi) is 3.60. The highest BCUT2D eigenvalue weighted by Crippen LogP contribution is 2.21. The maximum atomic E-state index is 11.9. The summed E-state index contributed by atoms with van der Waals surface area (Å²) in [5.41, 5.74) is 0. The standard InChI is InChI=1S/C13H8F3NO3/c14-13(15,16)11(18)17-12(19)20-10-6-5-8-3-1-2-4-9(8)7-10/h1-7H,(H,17,18,19). The number of hydrogen-bond acceptors (Lipinski definition) is 3. The van der Waals surface area contributed by atoms with E-state index in [-0.39, 0.29) is 5.75 Å². The topological polar surface area (TPSA) is 55.4 Å². The van der Waals surface area contributed by atoms with E-state index in [4.69, 9.17) is 0 Å². The van der Waals surface area contributed by atoms with Crippen LogP contribution in [0.2, 0.25) is 0 Å². The Morgan fingerprint density at radius 1 is 1.00 bits per heavy atom. The third-order valence-electron chi connectivity index (χ3n) is 2.40. The van der Waals surface area contributed by atoms with Crippen molar-refractivity contribution in [2.45, 2.75) is 6.18 Å². The lowest BCUT2D eigenvalue weighted by molar-refractivity contribution is -0.172. The minimum atomic E-state index is -5.14. The zero-order chi connectivity index (χ0) is 14.8. The molecule has 104 valence electrons. The molecule has 0 aliphatic heterocycles. The number of carbonyl (C=O) groups excluding carboxylic acids is 2. The van der Waals surface area contributed by atoms with Crippen LogP contribution in [-0.2, 0) is 4.79 Å². The quantitative estimate of drug-likeness (QED) is 0.875. The van der Waals surface area contributed by atoms with Crippen LogP contribution >= 0.6 is 0 Å². The third kappa shape index (κ3) is 3.25. The van der Waals surface area contributed by atoms with Gasteiger partial charge >= 0.3 is 18.2 Å². The number of hydrogen-bond donors (Lipinski definition) is 1. The second kappa shape index (κ2) is 5.20. The number of imide groups is 1. The van der Waals surface area contributed by atoms with Crippen molar-refractivity contribution in [3.63, 3.8) is 0 Å². The summed E-state index contributed by atoms with van der Waals surface area (Å²) in [5.74, 6) is -2.33. The summed E-state index contributed by atoms with van der Waals surface area (Å²) < 4.78 is 40.4. The number of fused-ring (bicyclic) bond motifs is 1. The molecule has 2 rings (SSSR count). The van der Waals surface area contributed by atoms with Gasteiger partial charge in [0.05, 0.1) is 0 Å². The molecule has 0 saturated heterocycles. The van der Waals surface area contributed by atoms with E-state index in [1.165, 1.54) is 12.1 Å². The first-order valence-corrected chi connectivity index (χ1v) is 5.45. The number of amides is 2. The second-order valence-corrected chi connectivity index (χ2v) is 3.85. The molecule has 0 radical (unpaired) electrons. The summed E-state index contributed by atoms with van der Waals surface area (Å²) in [6, 6.07) is 11.7. The number of ether oxygens (including phenoxy) is 1. The Morgan fingerprint density at radius 3 is 2.30 bits per heavy atom. The average molecular weight is 283 g/mol. The second-order valence-electron chi connectivity index (χ2n) is 3.85. The maximum absolute atomic E-state index is 11.9. The fourth-order valence-corrected chi connectivity index (χ4v) is 1.53. The van der Waals surface area contributed by atoms with Crippen molar-refractivity contribution in [2.24, 2.45) is 0 Å². The molecule has 0 saturated carbocycles. The summed E-state index contributed by atoms with van der Waals surface area (Å²) in [6.07, 6.45) is -6.62. The molecule has 0 bridgehead atoms. The van der Waals surface area contributed by atoms with Crippen molar-refractivity contribution in [1.29, 1.82) is 0 Å². The Labute approximate surface area is 111 Å². The van der Waals surface area contributed by atoms with Gasteiger partial charge in [0.2, 0.25) is 0 Å². The van der Waals surface area contributed by atoms with Gasteiger partial charge in [-0.2, -0.15) is 13.2 Å². The number of halogens is 3. The number of benzene rings is 2. The van der Waals surface area contributed by atoms with Crippen LogP contribution < -0.4 is 10.1 Å². The van der Waals surface area contributed by atoms with Crippen LogP contribution in [0.5, 0.6) is 5.75 Å². The first kappa shape index (κ1) is 13.9. The third-order valence-corrected chi connectivity index (χ3v) is 2.40. The van der Waals surface area contributed by atoms with Crippen LogP contribution in [0.4, 0.5) is 18.0 Å². The largest absolute Gasteiger partial charge is 0.471 e. The van der Waals surface area contributed by atoms with Crippen molar-refractivity contribution in [2.75, 3.05) is 0 Å². The van der Waals surface area contributed by atoms with E-state index in [0.717, 1.165) is 16.1 Å². The lowest BCUT2D eigenvalue weighted by atomic mass is 10.1. The monoisotopic (exact) mass is 283 g/mol. The van der Waals surface area contributed by atoms with Crippen LogP contribution in [0.1, 0.15) is 0 Å². The Bertz CT molecular complexity index is 667. The predicted octanol–water partition coefficient (Wildman–Crippen LogP) is 3.02. The van der Waals surface area contributed by atoms with Crippen LogP contribution in [0.3, 0.4) is 0 Å². The van der Waals surface area contributed by atoms with Crippen LogP contribution in [0.25, 0.3) is 10.8 Å². The molecule has 1 N–H and O–H groups in total. The molecule has 0 aliphatic rings. The van der Waals surface area contributed by atoms with Crippen molar-refractivity contribution in [3.8, 4) is 5.75 Å². The highest BCUT2D eigenvalue weighted by molar-refractivity contribution is 5.95. The minimum Gasteiger partial charge on any atom is -0.410 e. The average Bonchev–Trinajstić information content (AvgIpc) is 2.37. The lowest BCUT2D eigenvalue weighted by Gasteiger charge is -2.08. The highest BCUT2D eigenvalue weighted by Gasteiger charge is 2.40. The number of carbonyl (C=O) groups is 2. The normalized spacial score (nSPS) is 11.2. The SMILES string of the molecule is O=C(NC(=O)C(F)(F)F)Oc1ccc2ccccc2c1. The van der Waals surface area contributed by atoms with Gasteiger partial charge in [-0.25, -0.2) is 4.79 Å². The summed E-state index contributed by atoms with van der Waals surface area (Å²) in [7, 11) is 0. The van der Waals surface area contributed by atoms with Gasteiger partial charge < -0.3 is 4.74 Å². The van der Waals surface area contributed by atoms with Gasteiger partial charge in [-0.3, -0.25) is 10.1 Å². The number of nitrogens with one attached hydrogen (secondary N) is 1. The molecule has 0 atom stereocenters. The molecule has 7 heteroatoms. The summed E-state index contributed by atoms with van der Waals surface area (Å²) >= 11 is 0. The van der Waals surface area contributed by atoms with Crippen molar-refractivity contribution in [1.82, 2.24) is 5.32 Å². The summed E-state index contributed by atoms with van der Waals surface area (Å²) in [5, 5.41) is 2.72. The molecule has 0 spiro atoms. The Morgan fingerprint density at radius 2 is 1.65 bits per heavy atom. The van der Waals surface area contributed by atoms with Crippen molar-refractivity contribution >= 4 is 22.8 Å². The van der Waals surface area contributed by atoms with Crippen molar-refractivity contribution < 1.29 is 27.5 Å². The van der Waals surface area contributed by atoms with E-state index >= 15 is 0 Å². The fourth-order valence-electron chi connectivity index (χ4n) is 1.53. The Balaban J connectivity index is 2.08. The molecule has 2 aromatic carbocycles. The summed E-state index contributed by atoms with van der Waals surface area (Å²) in [4.78, 5) is 21.7. The molecule has 20 heavy (non-hydrogen) atoms. The number of rotatable bonds is 1. The van der Waals surface area contributed by atoms with E-state index in [1.54, 1.807) is 18.2 Å². The molecule has 0 aromatic heterocycles. The van der Waals surface area contributed by atoms with Crippen LogP contribution in [-0.4, -0.2) is 18.2 Å². The fraction of sp³-hybridized carbons (Fsp3) is 0.0769. The minimum absolute atomic E-state index is 0.0381. The lowest BCUT2D eigenvalue weighted by Crippen LogP contribution is -2.41. The first-order valence-electron chi connectivity index (χ1n) is 5.45. The molecule has 0 heterocycles. The van der Waals surface area contributed by atoms with Gasteiger partial charge in [-0.05, 0) is 22.9 Å². The van der Waals surface area contributed by atoms with E-state index in [9.17, 15) is 22.8 Å². The van der Waals surface area contributed by atoms with Gasteiger partial charge in [0, 0.05) is 0 Å². The first-order chi connectivity index (χ1) is 9.36. The Hall–Kier alpha value is -2.57. The predicted molar refractivity (Wildman–Crippen MR) is 64.2 cm³/mol. The molecule has 2 aromatic rings. The molecule has 0 fully saturated rings. The van der Waals surface area contributed by atoms with Gasteiger partial charge in [-0.1, -0.05) is 30.3 Å². The maximum Gasteiger partial charge on any atom is 0.471 e. The van der Waals surface area contributed by atoms with Crippen LogP contribution in [0, 0.1) is 0 Å². The van der Waals surface area contributed by atoms with E-state index in [1.807, 2.05) is 12.1 Å². The molecular weight excluding hydrogens is 275 g/mol. The van der Waals surface area contributed by atoms with E-state index < -0.39 is 18.2 Å². The smallest absolute Gasteiger partial charge is 0.410 e. The van der Waals surface area contributed by atoms with Gasteiger partial charge in [-0.15, -0.1) is 0 Å². The number of alkyl halides is 3. The molecule has 2 amide bonds. The molecule has 4 nitrogen and oxygen atoms in total. The van der Waals surface area contributed by atoms with Gasteiger partial charge in [0.1, 0.15) is 5.75 Å². The van der Waals surface area contributed by atoms with Gasteiger partial charge in [0.15, 0.2) is 0 Å². The molecule has 0 unspecified atom stereocenters. The summed E-state index contributed by atoms with van der Waals surface area (Å²) in [6.45, 7) is 0. The van der Waals surface area contributed by atoms with E-state index in [0.29, 0.717) is 0 Å². The molecule has 0 aliphatic carbocycles. The zero-order valence-corrected chi connectivity index (χ0v) is 9.90. The van der Waals surface area contributed by atoms with Gasteiger partial charge in [0.25, 0.3) is 0 Å². The van der Waals surface area contributed by atoms with E-state index in [2.05, 4.69) is 4.74 Å². The zero-order valence-electron chi connectivity index (χ0n) is 9.90. The van der Waals surface area contributed by atoms with Crippen LogP contribution in [0.15, 0.2) is 42.5 Å².